The van der Waals surface area contributed by atoms with Crippen molar-refractivity contribution in [3.05, 3.63) is 52.7 Å². The topological polar surface area (TPSA) is 78.7 Å². The summed E-state index contributed by atoms with van der Waals surface area (Å²) in [5, 5.41) is 12.4. The van der Waals surface area contributed by atoms with Gasteiger partial charge in [-0.2, -0.15) is 5.26 Å². The molecule has 0 aliphatic carbocycles. The van der Waals surface area contributed by atoms with Crippen LogP contribution in [0.4, 0.5) is 4.39 Å². The molecule has 1 aromatic carbocycles. The minimum absolute atomic E-state index is 0.145. The van der Waals surface area contributed by atoms with Crippen LogP contribution in [0, 0.1) is 31.0 Å². The normalized spacial score (nSPS) is 10.2. The molecule has 2 rings (SSSR count). The third-order valence-corrected chi connectivity index (χ3v) is 4.00. The third kappa shape index (κ3) is 4.76. The number of benzene rings is 1. The van der Waals surface area contributed by atoms with E-state index >= 15 is 0 Å². The quantitative estimate of drug-likeness (QED) is 0.673. The van der Waals surface area contributed by atoms with Gasteiger partial charge in [-0.3, -0.25) is 4.79 Å². The fourth-order valence-corrected chi connectivity index (χ4v) is 2.81. The first-order chi connectivity index (χ1) is 11.0. The number of nitrogens with one attached hydrogen (secondary N) is 1. The summed E-state index contributed by atoms with van der Waals surface area (Å²) >= 11 is 1.20. The Labute approximate surface area is 138 Å². The van der Waals surface area contributed by atoms with Crippen LogP contribution in [0.25, 0.3) is 0 Å². The van der Waals surface area contributed by atoms with Crippen LogP contribution in [-0.4, -0.2) is 21.6 Å². The lowest BCUT2D eigenvalue weighted by molar-refractivity contribution is -0.118. The van der Waals surface area contributed by atoms with Crippen LogP contribution in [0.1, 0.15) is 22.6 Å². The second-order valence-electron chi connectivity index (χ2n) is 4.84. The Bertz CT molecular complexity index is 756. The largest absolute Gasteiger partial charge is 0.351 e. The van der Waals surface area contributed by atoms with E-state index in [-0.39, 0.29) is 17.5 Å². The molecular formula is C16H15FN4OS. The van der Waals surface area contributed by atoms with Crippen LogP contribution >= 0.6 is 11.8 Å². The predicted molar refractivity (Wildman–Crippen MR) is 85.2 cm³/mol. The van der Waals surface area contributed by atoms with Crippen molar-refractivity contribution in [1.29, 1.82) is 5.26 Å². The maximum atomic E-state index is 12.8. The van der Waals surface area contributed by atoms with Gasteiger partial charge in [-0.15, -0.1) is 0 Å². The van der Waals surface area contributed by atoms with E-state index in [4.69, 9.17) is 5.26 Å². The lowest BCUT2D eigenvalue weighted by Gasteiger charge is -2.07. The van der Waals surface area contributed by atoms with Gasteiger partial charge in [-0.1, -0.05) is 23.9 Å². The molecule has 7 heteroatoms. The zero-order valence-corrected chi connectivity index (χ0v) is 13.6. The number of nitrogens with zero attached hydrogens (tertiary/aromatic N) is 3. The first-order valence-corrected chi connectivity index (χ1v) is 7.87. The molecule has 0 aliphatic heterocycles. The number of hydrogen-bond acceptors (Lipinski definition) is 5. The van der Waals surface area contributed by atoms with Crippen LogP contribution in [-0.2, 0) is 11.3 Å². The molecule has 5 nitrogen and oxygen atoms in total. The van der Waals surface area contributed by atoms with Gasteiger partial charge >= 0.3 is 0 Å². The summed E-state index contributed by atoms with van der Waals surface area (Å²) in [6, 6.07) is 8.00. The van der Waals surface area contributed by atoms with Gasteiger partial charge in [0.25, 0.3) is 0 Å². The van der Waals surface area contributed by atoms with E-state index in [0.717, 1.165) is 5.56 Å². The Morgan fingerprint density at radius 1 is 1.30 bits per heavy atom. The summed E-state index contributed by atoms with van der Waals surface area (Å²) in [6.45, 7) is 3.81. The fraction of sp³-hybridized carbons (Fsp3) is 0.250. The molecule has 0 atom stereocenters. The van der Waals surface area contributed by atoms with E-state index in [1.165, 1.54) is 23.9 Å². The second-order valence-corrected chi connectivity index (χ2v) is 5.80. The number of nitriles is 1. The van der Waals surface area contributed by atoms with Crippen molar-refractivity contribution < 1.29 is 9.18 Å². The van der Waals surface area contributed by atoms with E-state index in [1.54, 1.807) is 26.0 Å². The van der Waals surface area contributed by atoms with Gasteiger partial charge in [-0.25, -0.2) is 14.4 Å². The number of carbonyl (C=O) groups excluding carboxylic acids is 1. The van der Waals surface area contributed by atoms with Crippen LogP contribution in [0.5, 0.6) is 0 Å². The SMILES string of the molecule is Cc1nc(C)c(C#N)c(SCC(=O)NCc2ccc(F)cc2)n1. The molecule has 0 radical (unpaired) electrons. The predicted octanol–water partition coefficient (Wildman–Crippen LogP) is 2.51. The van der Waals surface area contributed by atoms with Gasteiger partial charge in [0.05, 0.1) is 11.4 Å². The lowest BCUT2D eigenvalue weighted by atomic mass is 10.2. The van der Waals surface area contributed by atoms with Gasteiger partial charge in [0.2, 0.25) is 5.91 Å². The number of halogens is 1. The monoisotopic (exact) mass is 330 g/mol. The number of aromatic nitrogens is 2. The molecule has 0 aliphatic rings. The number of aryl methyl sites for hydroxylation is 2. The molecule has 1 heterocycles. The number of carbonyl (C=O) groups is 1. The molecule has 1 amide bonds. The van der Waals surface area contributed by atoms with Crippen LogP contribution in [0.3, 0.4) is 0 Å². The van der Waals surface area contributed by atoms with Crippen molar-refractivity contribution in [2.24, 2.45) is 0 Å². The Morgan fingerprint density at radius 2 is 2.00 bits per heavy atom. The summed E-state index contributed by atoms with van der Waals surface area (Å²) < 4.78 is 12.8. The highest BCUT2D eigenvalue weighted by atomic mass is 32.2. The highest BCUT2D eigenvalue weighted by Crippen LogP contribution is 2.21. The smallest absolute Gasteiger partial charge is 0.230 e. The molecule has 0 saturated carbocycles. The van der Waals surface area contributed by atoms with Crippen molar-refractivity contribution in [2.75, 3.05) is 5.75 Å². The Balaban J connectivity index is 1.92. The van der Waals surface area contributed by atoms with E-state index in [9.17, 15) is 9.18 Å². The van der Waals surface area contributed by atoms with Crippen molar-refractivity contribution in [3.8, 4) is 6.07 Å². The molecule has 118 valence electrons. The minimum atomic E-state index is -0.311. The van der Waals surface area contributed by atoms with Crippen LogP contribution < -0.4 is 5.32 Å². The molecule has 0 saturated heterocycles. The average Bonchev–Trinajstić information content (AvgIpc) is 2.52. The Hall–Kier alpha value is -2.46. The first kappa shape index (κ1) is 16.9. The van der Waals surface area contributed by atoms with Crippen LogP contribution in [0.2, 0.25) is 0 Å². The molecule has 0 fully saturated rings. The van der Waals surface area contributed by atoms with Gasteiger partial charge in [0.1, 0.15) is 28.3 Å². The van der Waals surface area contributed by atoms with E-state index in [0.29, 0.717) is 28.7 Å². The van der Waals surface area contributed by atoms with E-state index in [1.807, 2.05) is 0 Å². The lowest BCUT2D eigenvalue weighted by Crippen LogP contribution is -2.24. The Morgan fingerprint density at radius 3 is 2.65 bits per heavy atom. The zero-order valence-electron chi connectivity index (χ0n) is 12.8. The summed E-state index contributed by atoms with van der Waals surface area (Å²) in [4.78, 5) is 20.2. The molecular weight excluding hydrogens is 315 g/mol. The van der Waals surface area contributed by atoms with E-state index in [2.05, 4.69) is 21.4 Å². The van der Waals surface area contributed by atoms with E-state index < -0.39 is 0 Å². The summed E-state index contributed by atoms with van der Waals surface area (Å²) in [7, 11) is 0. The molecule has 2 aromatic rings. The maximum Gasteiger partial charge on any atom is 0.230 e. The van der Waals surface area contributed by atoms with Gasteiger partial charge in [0, 0.05) is 6.54 Å². The highest BCUT2D eigenvalue weighted by Gasteiger charge is 2.12. The molecule has 0 bridgehead atoms. The zero-order chi connectivity index (χ0) is 16.8. The molecule has 0 unspecified atom stereocenters. The van der Waals surface area contributed by atoms with Crippen molar-refractivity contribution in [3.63, 3.8) is 0 Å². The standard InChI is InChI=1S/C16H15FN4OS/c1-10-14(7-18)16(21-11(2)20-10)23-9-15(22)19-8-12-3-5-13(17)6-4-12/h3-6H,8-9H2,1-2H3,(H,19,22). The first-order valence-electron chi connectivity index (χ1n) is 6.89. The molecule has 1 N–H and O–H groups in total. The molecule has 23 heavy (non-hydrogen) atoms. The summed E-state index contributed by atoms with van der Waals surface area (Å²) in [6.07, 6.45) is 0. The number of rotatable bonds is 5. The van der Waals surface area contributed by atoms with Gasteiger partial charge in [0.15, 0.2) is 0 Å². The summed E-state index contributed by atoms with van der Waals surface area (Å²) in [5.74, 6) is 0.216. The van der Waals surface area contributed by atoms with Crippen molar-refractivity contribution >= 4 is 17.7 Å². The number of thioether (sulfide) groups is 1. The Kier molecular flexibility index (Phi) is 5.66. The molecule has 0 spiro atoms. The highest BCUT2D eigenvalue weighted by molar-refractivity contribution is 8.00. The second kappa shape index (κ2) is 7.70. The molecule has 1 aromatic heterocycles. The third-order valence-electron chi connectivity index (χ3n) is 3.02. The van der Waals surface area contributed by atoms with Crippen LogP contribution in [0.15, 0.2) is 29.3 Å². The maximum absolute atomic E-state index is 12.8. The average molecular weight is 330 g/mol. The number of amides is 1. The fourth-order valence-electron chi connectivity index (χ4n) is 1.90. The van der Waals surface area contributed by atoms with Gasteiger partial charge in [-0.05, 0) is 31.5 Å². The minimum Gasteiger partial charge on any atom is -0.351 e. The van der Waals surface area contributed by atoms with Gasteiger partial charge < -0.3 is 5.32 Å². The van der Waals surface area contributed by atoms with Crippen molar-refractivity contribution in [2.45, 2.75) is 25.4 Å². The summed E-state index contributed by atoms with van der Waals surface area (Å²) in [5.41, 5.74) is 1.82. The number of hydrogen-bond donors (Lipinski definition) is 1. The van der Waals surface area contributed by atoms with Crippen molar-refractivity contribution in [1.82, 2.24) is 15.3 Å².